The molecule has 4 heterocycles. The molecule has 4 aromatic heterocycles. The van der Waals surface area contributed by atoms with Crippen molar-refractivity contribution in [3.05, 3.63) is 78.2 Å². The molecule has 228 valence electrons. The number of aromatic amines is 1. The molecule has 5 aromatic rings. The Labute approximate surface area is 259 Å². The lowest BCUT2D eigenvalue weighted by Crippen LogP contribution is -2.29. The molecule has 0 unspecified atom stereocenters. The first-order valence-corrected chi connectivity index (χ1v) is 16.3. The summed E-state index contributed by atoms with van der Waals surface area (Å²) in [7, 11) is 0. The van der Waals surface area contributed by atoms with Gasteiger partial charge in [-0.1, -0.05) is 70.4 Å². The van der Waals surface area contributed by atoms with Gasteiger partial charge in [-0.2, -0.15) is 0 Å². The van der Waals surface area contributed by atoms with Gasteiger partial charge in [0.2, 0.25) is 5.43 Å². The van der Waals surface area contributed by atoms with Crippen LogP contribution >= 0.6 is 22.7 Å². The van der Waals surface area contributed by atoms with Crippen LogP contribution in [0.2, 0.25) is 0 Å². The van der Waals surface area contributed by atoms with Crippen molar-refractivity contribution in [3.8, 4) is 27.4 Å². The minimum Gasteiger partial charge on any atom is -0.460 e. The number of hydrogen-bond donors (Lipinski definition) is 1. The first-order valence-electron chi connectivity index (χ1n) is 14.6. The number of para-hydroxylation sites is 1. The number of rotatable bonds is 7. The number of unbranched alkanes of at least 4 members (excludes halogenated alkanes) is 1. The third-order valence-electron chi connectivity index (χ3n) is 5.71. The van der Waals surface area contributed by atoms with Crippen molar-refractivity contribution in [2.45, 2.75) is 73.6 Å². The zero-order valence-corrected chi connectivity index (χ0v) is 27.3. The molecular weight excluding hydrogens is 583 g/mol. The van der Waals surface area contributed by atoms with E-state index in [0.29, 0.717) is 54.6 Å². The molecule has 0 saturated heterocycles. The molecule has 43 heavy (non-hydrogen) atoms. The summed E-state index contributed by atoms with van der Waals surface area (Å²) in [5.41, 5.74) is 1.01. The standard InChI is InChI=1S/C24H17N3O4S2.C6H14O.C3H8/c1-3-4-5-9-16-20(15-12-32-21-18(28)11-13(2)31-19(15)21)33-24(25-16)27-17-10-7-6-8-14(17)22(29)26-23(27)30;1-3-5-7-6-4-2;1-3-2/h6-8,10-12H,3-4H2,1-2H3,(H,26,29,30);3-6H2,1-2H3;3H2,1-2H3. The van der Waals surface area contributed by atoms with Crippen LogP contribution in [-0.4, -0.2) is 27.7 Å². The molecule has 8 nitrogen and oxygen atoms in total. The average molecular weight is 622 g/mol. The van der Waals surface area contributed by atoms with Gasteiger partial charge in [0, 0.05) is 36.6 Å². The molecule has 0 spiro atoms. The predicted molar refractivity (Wildman–Crippen MR) is 179 cm³/mol. The number of nitrogens with zero attached hydrogens (tertiary/aromatic N) is 2. The van der Waals surface area contributed by atoms with Gasteiger partial charge in [-0.25, -0.2) is 14.3 Å². The molecule has 1 aromatic carbocycles. The van der Waals surface area contributed by atoms with Gasteiger partial charge < -0.3 is 9.15 Å². The second-order valence-corrected chi connectivity index (χ2v) is 11.5. The Bertz CT molecular complexity index is 1880. The first-order chi connectivity index (χ1) is 20.8. The van der Waals surface area contributed by atoms with Crippen LogP contribution in [0.15, 0.2) is 54.5 Å². The maximum Gasteiger partial charge on any atom is 0.335 e. The quantitative estimate of drug-likeness (QED) is 0.148. The van der Waals surface area contributed by atoms with Crippen molar-refractivity contribution >= 4 is 43.9 Å². The molecule has 0 atom stereocenters. The minimum absolute atomic E-state index is 0.101. The summed E-state index contributed by atoms with van der Waals surface area (Å²) in [4.78, 5) is 45.2. The zero-order valence-electron chi connectivity index (χ0n) is 25.7. The number of ether oxygens (including phenoxy) is 1. The van der Waals surface area contributed by atoms with E-state index < -0.39 is 11.2 Å². The number of nitrogens with one attached hydrogen (secondary N) is 1. The Kier molecular flexibility index (Phi) is 13.1. The van der Waals surface area contributed by atoms with Crippen LogP contribution in [0.1, 0.15) is 78.2 Å². The van der Waals surface area contributed by atoms with Crippen molar-refractivity contribution in [3.63, 3.8) is 0 Å². The number of H-pyrrole nitrogens is 1. The van der Waals surface area contributed by atoms with Crippen molar-refractivity contribution in [1.29, 1.82) is 0 Å². The SMILES string of the molecule is CCC.CCCC#Cc1nc(-n2c(=O)[nH]c(=O)c3ccccc32)sc1-c1csc2c(=O)cc(C)oc12.CCCOCCC. The van der Waals surface area contributed by atoms with Crippen LogP contribution in [0.3, 0.4) is 0 Å². The highest BCUT2D eigenvalue weighted by Crippen LogP contribution is 2.39. The fraction of sp³-hybridized carbons (Fsp3) is 0.394. The lowest BCUT2D eigenvalue weighted by Gasteiger charge is -2.05. The maximum atomic E-state index is 12.8. The maximum absolute atomic E-state index is 12.8. The zero-order chi connectivity index (χ0) is 31.4. The molecule has 0 fully saturated rings. The largest absolute Gasteiger partial charge is 0.460 e. The monoisotopic (exact) mass is 621 g/mol. The fourth-order valence-electron chi connectivity index (χ4n) is 3.93. The molecular formula is C33H39N3O5S2. The van der Waals surface area contributed by atoms with Crippen LogP contribution in [0.5, 0.6) is 0 Å². The van der Waals surface area contributed by atoms with Crippen molar-refractivity contribution < 1.29 is 9.15 Å². The van der Waals surface area contributed by atoms with E-state index in [-0.39, 0.29) is 5.43 Å². The van der Waals surface area contributed by atoms with Crippen LogP contribution < -0.4 is 16.7 Å². The Morgan fingerprint density at radius 1 is 1.02 bits per heavy atom. The molecule has 0 aliphatic carbocycles. The van der Waals surface area contributed by atoms with Crippen molar-refractivity contribution in [1.82, 2.24) is 14.5 Å². The van der Waals surface area contributed by atoms with Gasteiger partial charge in [-0.3, -0.25) is 14.6 Å². The van der Waals surface area contributed by atoms with Gasteiger partial charge in [0.05, 0.1) is 15.8 Å². The van der Waals surface area contributed by atoms with Crippen LogP contribution in [0, 0.1) is 18.8 Å². The van der Waals surface area contributed by atoms with Gasteiger partial charge in [-0.15, -0.1) is 11.3 Å². The Hall–Kier alpha value is -3.78. The van der Waals surface area contributed by atoms with Gasteiger partial charge in [0.1, 0.15) is 16.2 Å². The fourth-order valence-corrected chi connectivity index (χ4v) is 5.95. The number of thiazole rings is 1. The number of hydrogen-bond acceptors (Lipinski definition) is 8. The molecule has 1 N–H and O–H groups in total. The van der Waals surface area contributed by atoms with Crippen molar-refractivity contribution in [2.24, 2.45) is 0 Å². The smallest absolute Gasteiger partial charge is 0.335 e. The molecule has 5 rings (SSSR count). The summed E-state index contributed by atoms with van der Waals surface area (Å²) >= 11 is 2.56. The first kappa shape index (κ1) is 33.7. The molecule has 10 heteroatoms. The third kappa shape index (κ3) is 8.41. The van der Waals surface area contributed by atoms with E-state index in [0.717, 1.165) is 32.5 Å². The second kappa shape index (κ2) is 16.8. The topological polar surface area (TPSA) is 107 Å². The molecule has 0 bridgehead atoms. The van der Waals surface area contributed by atoms with Crippen LogP contribution in [0.4, 0.5) is 0 Å². The minimum atomic E-state index is -0.579. The van der Waals surface area contributed by atoms with Gasteiger partial charge in [0.15, 0.2) is 10.7 Å². The highest BCUT2D eigenvalue weighted by molar-refractivity contribution is 7.20. The predicted octanol–water partition coefficient (Wildman–Crippen LogP) is 7.67. The molecule has 0 saturated carbocycles. The summed E-state index contributed by atoms with van der Waals surface area (Å²) in [5.74, 6) is 6.73. The summed E-state index contributed by atoms with van der Waals surface area (Å²) in [5, 5.41) is 2.61. The van der Waals surface area contributed by atoms with Gasteiger partial charge in [0.25, 0.3) is 5.56 Å². The average Bonchev–Trinajstić information content (AvgIpc) is 3.58. The molecule has 0 aliphatic heterocycles. The molecule has 0 radical (unpaired) electrons. The van der Waals surface area contributed by atoms with Crippen LogP contribution in [0.25, 0.3) is 36.8 Å². The van der Waals surface area contributed by atoms with E-state index in [1.54, 1.807) is 31.2 Å². The molecule has 0 aliphatic rings. The Balaban J connectivity index is 0.000000441. The lowest BCUT2D eigenvalue weighted by atomic mass is 10.2. The van der Waals surface area contributed by atoms with Crippen LogP contribution in [-0.2, 0) is 4.74 Å². The van der Waals surface area contributed by atoms with E-state index in [9.17, 15) is 14.4 Å². The highest BCUT2D eigenvalue weighted by atomic mass is 32.1. The third-order valence-corrected chi connectivity index (χ3v) is 7.76. The summed E-state index contributed by atoms with van der Waals surface area (Å²) in [6.07, 6.45) is 5.13. The van der Waals surface area contributed by atoms with Gasteiger partial charge in [-0.05, 0) is 44.2 Å². The van der Waals surface area contributed by atoms with Crippen molar-refractivity contribution in [2.75, 3.05) is 13.2 Å². The van der Waals surface area contributed by atoms with E-state index in [1.807, 2.05) is 12.3 Å². The number of fused-ring (bicyclic) bond motifs is 2. The number of benzene rings is 1. The van der Waals surface area contributed by atoms with E-state index >= 15 is 0 Å². The van der Waals surface area contributed by atoms with E-state index in [4.69, 9.17) is 9.15 Å². The normalized spacial score (nSPS) is 10.5. The second-order valence-electron chi connectivity index (χ2n) is 9.69. The van der Waals surface area contributed by atoms with E-state index in [1.165, 1.54) is 39.7 Å². The molecule has 0 amide bonds. The number of aryl methyl sites for hydroxylation is 1. The lowest BCUT2D eigenvalue weighted by molar-refractivity contribution is 0.135. The Morgan fingerprint density at radius 2 is 1.72 bits per heavy atom. The highest BCUT2D eigenvalue weighted by Gasteiger charge is 2.21. The number of aromatic nitrogens is 3. The summed E-state index contributed by atoms with van der Waals surface area (Å²) < 4.78 is 12.9. The Morgan fingerprint density at radius 3 is 2.40 bits per heavy atom. The van der Waals surface area contributed by atoms with E-state index in [2.05, 4.69) is 49.5 Å². The number of thiophene rings is 1. The summed E-state index contributed by atoms with van der Waals surface area (Å²) in [6, 6.07) is 8.33. The summed E-state index contributed by atoms with van der Waals surface area (Å²) in [6.45, 7) is 14.1. The van der Waals surface area contributed by atoms with Gasteiger partial charge >= 0.3 is 5.69 Å².